The third-order valence-corrected chi connectivity index (χ3v) is 5.63. The number of aliphatic hydroxyl groups is 1. The Bertz CT molecular complexity index is 1330. The molecular weight excluding hydrogens is 501 g/mol. The van der Waals surface area contributed by atoms with Crippen molar-refractivity contribution in [1.82, 2.24) is 4.98 Å². The molecule has 36 heavy (non-hydrogen) atoms. The maximum absolute atomic E-state index is 13.2. The molecule has 7 nitrogen and oxygen atoms in total. The molecule has 0 radical (unpaired) electrons. The number of alkyl halides is 3. The maximum atomic E-state index is 13.2. The molecular formula is C25H18ClF3N2O5. The molecule has 1 aliphatic heterocycles. The lowest BCUT2D eigenvalue weighted by Gasteiger charge is -2.25. The van der Waals surface area contributed by atoms with E-state index >= 15 is 0 Å². The summed E-state index contributed by atoms with van der Waals surface area (Å²) >= 11 is 6.13. The standard InChI is InChI=1S/C25H18ClF3N2O5/c1-2-35-19-13-15(3-8-18(19)26)22(32)20-21(14-9-11-30-12-10-14)31(24(34)23(20)33)16-4-6-17(7-5-16)36-25(27,28)29/h3-13,21,32H,2H2,1H3/b22-20-. The van der Waals surface area contributed by atoms with Gasteiger partial charge in [0.2, 0.25) is 0 Å². The van der Waals surface area contributed by atoms with E-state index in [4.69, 9.17) is 16.3 Å². The van der Waals surface area contributed by atoms with Gasteiger partial charge in [-0.05, 0) is 67.1 Å². The summed E-state index contributed by atoms with van der Waals surface area (Å²) in [6, 6.07) is 10.9. The summed E-state index contributed by atoms with van der Waals surface area (Å²) in [7, 11) is 0. The lowest BCUT2D eigenvalue weighted by Crippen LogP contribution is -2.29. The molecule has 1 N–H and O–H groups in total. The SMILES string of the molecule is CCOc1cc(/C(O)=C2/C(=O)C(=O)N(c3ccc(OC(F)(F)F)cc3)C2c2ccncc2)ccc1Cl. The number of ether oxygens (including phenoxy) is 2. The molecule has 11 heteroatoms. The van der Waals surface area contributed by atoms with Crippen molar-refractivity contribution in [3.05, 3.63) is 88.7 Å². The number of Topliss-reactive ketones (excluding diaryl/α,β-unsaturated/α-hetero) is 1. The molecule has 2 aromatic carbocycles. The van der Waals surface area contributed by atoms with Crippen LogP contribution in [0.15, 0.2) is 72.6 Å². The largest absolute Gasteiger partial charge is 0.573 e. The Labute approximate surface area is 208 Å². The van der Waals surface area contributed by atoms with Crippen LogP contribution in [0.25, 0.3) is 5.76 Å². The number of carbonyl (C=O) groups excluding carboxylic acids is 2. The molecule has 2 heterocycles. The predicted molar refractivity (Wildman–Crippen MR) is 125 cm³/mol. The number of amides is 1. The number of pyridine rings is 1. The second-order valence-corrected chi connectivity index (χ2v) is 7.98. The van der Waals surface area contributed by atoms with Crippen LogP contribution in [0.3, 0.4) is 0 Å². The van der Waals surface area contributed by atoms with Gasteiger partial charge in [-0.25, -0.2) is 0 Å². The fourth-order valence-electron chi connectivity index (χ4n) is 3.84. The van der Waals surface area contributed by atoms with Gasteiger partial charge in [0.1, 0.15) is 17.3 Å². The summed E-state index contributed by atoms with van der Waals surface area (Å²) in [5, 5.41) is 11.5. The van der Waals surface area contributed by atoms with Crippen molar-refractivity contribution in [2.75, 3.05) is 11.5 Å². The van der Waals surface area contributed by atoms with E-state index in [2.05, 4.69) is 9.72 Å². The highest BCUT2D eigenvalue weighted by Crippen LogP contribution is 2.43. The Morgan fingerprint density at radius 2 is 1.75 bits per heavy atom. The Kier molecular flexibility index (Phi) is 6.89. The molecule has 1 saturated heterocycles. The zero-order chi connectivity index (χ0) is 26.0. The van der Waals surface area contributed by atoms with Crippen LogP contribution < -0.4 is 14.4 Å². The van der Waals surface area contributed by atoms with Gasteiger partial charge in [-0.15, -0.1) is 13.2 Å². The van der Waals surface area contributed by atoms with Crippen LogP contribution >= 0.6 is 11.6 Å². The maximum Gasteiger partial charge on any atom is 0.573 e. The van der Waals surface area contributed by atoms with Crippen molar-refractivity contribution < 1.29 is 37.3 Å². The fraction of sp³-hybridized carbons (Fsp3) is 0.160. The van der Waals surface area contributed by atoms with E-state index in [1.54, 1.807) is 19.1 Å². The van der Waals surface area contributed by atoms with Crippen molar-refractivity contribution in [3.63, 3.8) is 0 Å². The first kappa shape index (κ1) is 25.1. The Morgan fingerprint density at radius 1 is 1.08 bits per heavy atom. The van der Waals surface area contributed by atoms with Gasteiger partial charge in [0.05, 0.1) is 23.2 Å². The average molecular weight is 519 g/mol. The highest BCUT2D eigenvalue weighted by atomic mass is 35.5. The molecule has 1 atom stereocenters. The van der Waals surface area contributed by atoms with Crippen LogP contribution in [0.2, 0.25) is 5.02 Å². The number of benzene rings is 2. The number of hydrogen-bond donors (Lipinski definition) is 1. The lowest BCUT2D eigenvalue weighted by atomic mass is 9.95. The molecule has 186 valence electrons. The quantitative estimate of drug-likeness (QED) is 0.257. The van der Waals surface area contributed by atoms with Crippen LogP contribution in [0, 0.1) is 0 Å². The molecule has 0 aliphatic carbocycles. The summed E-state index contributed by atoms with van der Waals surface area (Å²) < 4.78 is 47.0. The van der Waals surface area contributed by atoms with Gasteiger partial charge >= 0.3 is 6.36 Å². The molecule has 1 amide bonds. The van der Waals surface area contributed by atoms with Crippen LogP contribution in [-0.2, 0) is 9.59 Å². The number of aliphatic hydroxyl groups excluding tert-OH is 1. The van der Waals surface area contributed by atoms with E-state index in [1.165, 1.54) is 42.7 Å². The first-order valence-corrected chi connectivity index (χ1v) is 11.0. The lowest BCUT2D eigenvalue weighted by molar-refractivity contribution is -0.274. The topological polar surface area (TPSA) is 89.0 Å². The first-order valence-electron chi connectivity index (χ1n) is 10.6. The molecule has 1 unspecified atom stereocenters. The average Bonchev–Trinajstić information content (AvgIpc) is 3.11. The molecule has 0 bridgehead atoms. The fourth-order valence-corrected chi connectivity index (χ4v) is 4.01. The summed E-state index contributed by atoms with van der Waals surface area (Å²) in [5.41, 5.74) is 0.541. The second kappa shape index (κ2) is 9.90. The molecule has 1 aromatic heterocycles. The highest BCUT2D eigenvalue weighted by molar-refractivity contribution is 6.51. The molecule has 0 saturated carbocycles. The van der Waals surface area contributed by atoms with Crippen molar-refractivity contribution in [3.8, 4) is 11.5 Å². The smallest absolute Gasteiger partial charge is 0.507 e. The Hall–Kier alpha value is -4.05. The predicted octanol–water partition coefficient (Wildman–Crippen LogP) is 5.66. The monoisotopic (exact) mass is 518 g/mol. The number of nitrogens with zero attached hydrogens (tertiary/aromatic N) is 2. The van der Waals surface area contributed by atoms with Gasteiger partial charge in [0, 0.05) is 23.6 Å². The van der Waals surface area contributed by atoms with E-state index < -0.39 is 35.6 Å². The molecule has 1 fully saturated rings. The normalized spacial score (nSPS) is 17.4. The summed E-state index contributed by atoms with van der Waals surface area (Å²) in [5.74, 6) is -2.63. The Balaban J connectivity index is 1.84. The molecule has 4 rings (SSSR count). The zero-order valence-corrected chi connectivity index (χ0v) is 19.4. The van der Waals surface area contributed by atoms with Gasteiger partial charge in [0.25, 0.3) is 11.7 Å². The van der Waals surface area contributed by atoms with Gasteiger partial charge in [-0.2, -0.15) is 0 Å². The van der Waals surface area contributed by atoms with Crippen LogP contribution in [0.5, 0.6) is 11.5 Å². The van der Waals surface area contributed by atoms with Gasteiger partial charge in [-0.3, -0.25) is 19.5 Å². The van der Waals surface area contributed by atoms with E-state index in [0.29, 0.717) is 17.2 Å². The van der Waals surface area contributed by atoms with Crippen molar-refractivity contribution in [2.45, 2.75) is 19.3 Å². The van der Waals surface area contributed by atoms with Crippen molar-refractivity contribution in [2.24, 2.45) is 0 Å². The van der Waals surface area contributed by atoms with E-state index in [-0.39, 0.29) is 22.6 Å². The number of ketones is 1. The van der Waals surface area contributed by atoms with Crippen molar-refractivity contribution >= 4 is 34.7 Å². The number of anilines is 1. The summed E-state index contributed by atoms with van der Waals surface area (Å²) in [4.78, 5) is 31.3. The van der Waals surface area contributed by atoms with Gasteiger partial charge < -0.3 is 14.6 Å². The van der Waals surface area contributed by atoms with Crippen LogP contribution in [-0.4, -0.2) is 34.8 Å². The van der Waals surface area contributed by atoms with Crippen LogP contribution in [0.1, 0.15) is 24.1 Å². The van der Waals surface area contributed by atoms with E-state index in [0.717, 1.165) is 17.0 Å². The molecule has 3 aromatic rings. The third-order valence-electron chi connectivity index (χ3n) is 5.32. The number of aromatic nitrogens is 1. The zero-order valence-electron chi connectivity index (χ0n) is 18.6. The molecule has 1 aliphatic rings. The summed E-state index contributed by atoms with van der Waals surface area (Å²) in [6.45, 7) is 2.06. The third kappa shape index (κ3) is 4.99. The minimum Gasteiger partial charge on any atom is -0.507 e. The molecule has 0 spiro atoms. The van der Waals surface area contributed by atoms with Crippen molar-refractivity contribution in [1.29, 1.82) is 0 Å². The van der Waals surface area contributed by atoms with Gasteiger partial charge in [-0.1, -0.05) is 11.6 Å². The highest BCUT2D eigenvalue weighted by Gasteiger charge is 2.47. The minimum absolute atomic E-state index is 0.124. The van der Waals surface area contributed by atoms with Gasteiger partial charge in [0.15, 0.2) is 0 Å². The van der Waals surface area contributed by atoms with E-state index in [1.807, 2.05) is 0 Å². The number of rotatable bonds is 6. The van der Waals surface area contributed by atoms with E-state index in [9.17, 15) is 27.9 Å². The number of halogens is 4. The minimum atomic E-state index is -4.89. The second-order valence-electron chi connectivity index (χ2n) is 7.57. The summed E-state index contributed by atoms with van der Waals surface area (Å²) in [6.07, 6.45) is -1.99. The number of carbonyl (C=O) groups is 2. The number of hydrogen-bond acceptors (Lipinski definition) is 6. The first-order chi connectivity index (χ1) is 17.1. The van der Waals surface area contributed by atoms with Crippen LogP contribution in [0.4, 0.5) is 18.9 Å². The Morgan fingerprint density at radius 3 is 2.36 bits per heavy atom.